The Labute approximate surface area is 123 Å². The molecule has 19 heavy (non-hydrogen) atoms. The van der Waals surface area contributed by atoms with Crippen molar-refractivity contribution in [3.63, 3.8) is 0 Å². The normalized spacial score (nSPS) is 12.6. The summed E-state index contributed by atoms with van der Waals surface area (Å²) in [4.78, 5) is 1.33. The van der Waals surface area contributed by atoms with Crippen molar-refractivity contribution >= 4 is 32.8 Å². The van der Waals surface area contributed by atoms with Gasteiger partial charge in [-0.15, -0.1) is 11.3 Å². The van der Waals surface area contributed by atoms with Crippen LogP contribution in [0, 0.1) is 0 Å². The number of hydrogen-bond donors (Lipinski definition) is 0. The van der Waals surface area contributed by atoms with Gasteiger partial charge in [-0.3, -0.25) is 0 Å². The molecule has 0 unspecified atom stereocenters. The molecule has 0 aliphatic rings. The highest BCUT2D eigenvalue weighted by Crippen LogP contribution is 2.34. The maximum Gasteiger partial charge on any atom is 0.215 e. The van der Waals surface area contributed by atoms with Crippen LogP contribution in [-0.2, 0) is 15.3 Å². The quantitative estimate of drug-likeness (QED) is 0.816. The van der Waals surface area contributed by atoms with Gasteiger partial charge in [-0.05, 0) is 41.8 Å². The van der Waals surface area contributed by atoms with Crippen molar-refractivity contribution in [2.24, 2.45) is 0 Å². The van der Waals surface area contributed by atoms with Crippen molar-refractivity contribution < 1.29 is 8.42 Å². The molecule has 0 radical (unpaired) electrons. The molecule has 0 saturated carbocycles. The van der Waals surface area contributed by atoms with Gasteiger partial charge in [0.1, 0.15) is 4.21 Å². The van der Waals surface area contributed by atoms with Crippen molar-refractivity contribution in [3.05, 3.63) is 46.3 Å². The summed E-state index contributed by atoms with van der Waals surface area (Å²) in [6, 6.07) is 9.81. The Morgan fingerprint density at radius 3 is 2.05 bits per heavy atom. The lowest BCUT2D eigenvalue weighted by molar-refractivity contribution is 0.598. The van der Waals surface area contributed by atoms with Crippen LogP contribution in [-0.4, -0.2) is 8.42 Å². The first kappa shape index (κ1) is 14.6. The lowest BCUT2D eigenvalue weighted by Crippen LogP contribution is -2.07. The third-order valence-corrected chi connectivity index (χ3v) is 6.73. The summed E-state index contributed by atoms with van der Waals surface area (Å²) in [5.41, 5.74) is -0.0432. The molecule has 2 aromatic rings. The Morgan fingerprint density at radius 2 is 1.58 bits per heavy atom. The van der Waals surface area contributed by atoms with Gasteiger partial charge in [0.25, 0.3) is 0 Å². The molecule has 2 nitrogen and oxygen atoms in total. The van der Waals surface area contributed by atoms with E-state index in [1.165, 1.54) is 23.5 Å². The lowest BCUT2D eigenvalue weighted by atomic mass is 9.95. The van der Waals surface area contributed by atoms with E-state index in [1.807, 2.05) is 6.07 Å². The molecular weight excluding hydrogens is 300 g/mol. The monoisotopic (exact) mass is 314 g/mol. The van der Waals surface area contributed by atoms with Crippen LogP contribution in [0.4, 0.5) is 0 Å². The summed E-state index contributed by atoms with van der Waals surface area (Å²) in [5, 5.41) is 0.528. The second-order valence-electron chi connectivity index (χ2n) is 5.33. The fourth-order valence-corrected chi connectivity index (χ4v) is 4.49. The Bertz CT molecular complexity index is 677. The second kappa shape index (κ2) is 4.93. The van der Waals surface area contributed by atoms with Gasteiger partial charge in [-0.25, -0.2) is 8.42 Å². The van der Waals surface area contributed by atoms with Crippen molar-refractivity contribution in [2.75, 3.05) is 0 Å². The van der Waals surface area contributed by atoms with E-state index in [1.54, 1.807) is 18.2 Å². The van der Waals surface area contributed by atoms with E-state index >= 15 is 0 Å². The first-order valence-corrected chi connectivity index (χ1v) is 8.50. The Balaban J connectivity index is 2.46. The van der Waals surface area contributed by atoms with Crippen molar-refractivity contribution in [1.29, 1.82) is 0 Å². The predicted molar refractivity (Wildman–Crippen MR) is 79.9 cm³/mol. The number of thiophene rings is 1. The van der Waals surface area contributed by atoms with Crippen molar-refractivity contribution in [2.45, 2.75) is 35.3 Å². The third-order valence-electron chi connectivity index (χ3n) is 2.71. The Morgan fingerprint density at radius 1 is 1.00 bits per heavy atom. The van der Waals surface area contributed by atoms with Crippen molar-refractivity contribution in [1.82, 2.24) is 0 Å². The van der Waals surface area contributed by atoms with Crippen LogP contribution in [0.3, 0.4) is 0 Å². The molecular formula is C14H15ClO2S2. The highest BCUT2D eigenvalue weighted by Gasteiger charge is 2.23. The number of rotatable bonds is 2. The highest BCUT2D eigenvalue weighted by atomic mass is 35.5. The molecule has 102 valence electrons. The molecule has 1 aromatic heterocycles. The minimum Gasteiger partial charge on any atom is -0.218 e. The zero-order chi connectivity index (χ0) is 14.3. The largest absolute Gasteiger partial charge is 0.218 e. The molecule has 0 fully saturated rings. The molecule has 0 bridgehead atoms. The molecule has 0 spiro atoms. The van der Waals surface area contributed by atoms with Crippen LogP contribution in [0.2, 0.25) is 5.02 Å². The molecule has 1 heterocycles. The average molecular weight is 315 g/mol. The second-order valence-corrected chi connectivity index (χ2v) is 9.02. The molecule has 1 aromatic carbocycles. The zero-order valence-corrected chi connectivity index (χ0v) is 13.4. The summed E-state index contributed by atoms with van der Waals surface area (Å²) < 4.78 is 25.3. The lowest BCUT2D eigenvalue weighted by Gasteiger charge is -2.15. The molecule has 0 saturated heterocycles. The summed E-state index contributed by atoms with van der Waals surface area (Å²) in [7, 11) is -3.44. The van der Waals surface area contributed by atoms with Crippen LogP contribution in [0.5, 0.6) is 0 Å². The first-order chi connectivity index (χ1) is 8.71. The Hall–Kier alpha value is -0.840. The topological polar surface area (TPSA) is 34.1 Å². The average Bonchev–Trinajstić information content (AvgIpc) is 2.79. The molecule has 0 amide bonds. The SMILES string of the molecule is CC(C)(C)c1ccc(S(=O)(=O)c2ccc(Cl)cc2)s1. The smallest absolute Gasteiger partial charge is 0.215 e. The first-order valence-electron chi connectivity index (χ1n) is 5.82. The number of hydrogen-bond acceptors (Lipinski definition) is 3. The molecule has 0 aliphatic carbocycles. The Kier molecular flexibility index (Phi) is 3.78. The molecule has 0 aliphatic heterocycles. The minimum absolute atomic E-state index is 0.0432. The highest BCUT2D eigenvalue weighted by molar-refractivity contribution is 7.93. The van der Waals surface area contributed by atoms with E-state index in [-0.39, 0.29) is 10.3 Å². The van der Waals surface area contributed by atoms with Gasteiger partial charge in [-0.1, -0.05) is 32.4 Å². The third kappa shape index (κ3) is 3.02. The minimum atomic E-state index is -3.44. The van der Waals surface area contributed by atoms with Crippen LogP contribution < -0.4 is 0 Å². The molecule has 0 N–H and O–H groups in total. The summed E-state index contributed by atoms with van der Waals surface area (Å²) in [6.45, 7) is 6.20. The maximum atomic E-state index is 12.5. The van der Waals surface area contributed by atoms with Gasteiger partial charge >= 0.3 is 0 Å². The van der Waals surface area contributed by atoms with E-state index < -0.39 is 9.84 Å². The van der Waals surface area contributed by atoms with E-state index in [0.29, 0.717) is 9.23 Å². The molecule has 2 rings (SSSR count). The van der Waals surface area contributed by atoms with Gasteiger partial charge < -0.3 is 0 Å². The molecule has 5 heteroatoms. The van der Waals surface area contributed by atoms with Gasteiger partial charge in [-0.2, -0.15) is 0 Å². The van der Waals surface area contributed by atoms with E-state index in [0.717, 1.165) is 4.88 Å². The number of sulfone groups is 1. The summed E-state index contributed by atoms with van der Waals surface area (Å²) >= 11 is 7.10. The van der Waals surface area contributed by atoms with Crippen LogP contribution >= 0.6 is 22.9 Å². The van der Waals surface area contributed by atoms with Crippen LogP contribution in [0.15, 0.2) is 45.5 Å². The van der Waals surface area contributed by atoms with Crippen LogP contribution in [0.25, 0.3) is 0 Å². The number of halogens is 1. The van der Waals surface area contributed by atoms with Gasteiger partial charge in [0, 0.05) is 9.90 Å². The molecule has 0 atom stereocenters. The van der Waals surface area contributed by atoms with Gasteiger partial charge in [0.05, 0.1) is 4.90 Å². The fourth-order valence-electron chi connectivity index (χ4n) is 1.60. The van der Waals surface area contributed by atoms with E-state index in [4.69, 9.17) is 11.6 Å². The predicted octanol–water partition coefficient (Wildman–Crippen LogP) is 4.53. The van der Waals surface area contributed by atoms with Crippen molar-refractivity contribution in [3.8, 4) is 0 Å². The van der Waals surface area contributed by atoms with Gasteiger partial charge in [0.15, 0.2) is 0 Å². The fraction of sp³-hybridized carbons (Fsp3) is 0.286. The number of benzene rings is 1. The maximum absolute atomic E-state index is 12.5. The van der Waals surface area contributed by atoms with Gasteiger partial charge in [0.2, 0.25) is 9.84 Å². The van der Waals surface area contributed by atoms with E-state index in [9.17, 15) is 8.42 Å². The summed E-state index contributed by atoms with van der Waals surface area (Å²) in [6.07, 6.45) is 0. The zero-order valence-electron chi connectivity index (χ0n) is 11.0. The summed E-state index contributed by atoms with van der Waals surface area (Å²) in [5.74, 6) is 0. The van der Waals surface area contributed by atoms with E-state index in [2.05, 4.69) is 20.8 Å². The van der Waals surface area contributed by atoms with Crippen LogP contribution in [0.1, 0.15) is 25.6 Å². The standard InChI is InChI=1S/C14H15ClO2S2/c1-14(2,3)12-8-9-13(18-12)19(16,17)11-6-4-10(15)5-7-11/h4-9H,1-3H3.